The van der Waals surface area contributed by atoms with Crippen LogP contribution in [0.1, 0.15) is 30.4 Å². The number of benzene rings is 2. The largest absolute Gasteiger partial charge is 0.480 e. The number of para-hydroxylation sites is 2. The van der Waals surface area contributed by atoms with Crippen molar-refractivity contribution >= 4 is 45.5 Å². The van der Waals surface area contributed by atoms with Crippen LogP contribution in [-0.4, -0.2) is 81.2 Å². The van der Waals surface area contributed by atoms with Gasteiger partial charge in [0.2, 0.25) is 17.7 Å². The lowest BCUT2D eigenvalue weighted by atomic mass is 10.0. The summed E-state index contributed by atoms with van der Waals surface area (Å²) < 4.78 is 0. The van der Waals surface area contributed by atoms with Crippen LogP contribution >= 0.6 is 0 Å². The van der Waals surface area contributed by atoms with Gasteiger partial charge < -0.3 is 47.6 Å². The lowest BCUT2D eigenvalue weighted by Gasteiger charge is -2.24. The number of unbranched alkanes of at least 4 members (excludes halogenated alkanes) is 1. The molecule has 0 spiro atoms. The number of aliphatic hydroxyl groups is 1. The molecule has 3 amide bonds. The number of aromatic nitrogens is 2. The molecule has 2 heterocycles. The SMILES string of the molecule is NCCCCC(N)C(=O)NC(Cc1c[nH]c2ccccc12)C(=O)NC(CO)C(=O)NC(Cc1c[nH]c2ccccc12)C(=O)O. The number of fused-ring (bicyclic) bond motifs is 2. The molecular weight excluding hydrogens is 566 g/mol. The van der Waals surface area contributed by atoms with Gasteiger partial charge >= 0.3 is 5.97 Å². The van der Waals surface area contributed by atoms with Gasteiger partial charge in [-0.3, -0.25) is 14.4 Å². The van der Waals surface area contributed by atoms with E-state index >= 15 is 0 Å². The maximum atomic E-state index is 13.5. The second kappa shape index (κ2) is 15.1. The van der Waals surface area contributed by atoms with E-state index in [4.69, 9.17) is 11.5 Å². The van der Waals surface area contributed by atoms with E-state index in [1.807, 2.05) is 48.5 Å². The van der Waals surface area contributed by atoms with Crippen molar-refractivity contribution in [3.63, 3.8) is 0 Å². The van der Waals surface area contributed by atoms with Gasteiger partial charge in [-0.15, -0.1) is 0 Å². The van der Waals surface area contributed by atoms with Crippen LogP contribution in [0.5, 0.6) is 0 Å². The summed E-state index contributed by atoms with van der Waals surface area (Å²) in [7, 11) is 0. The van der Waals surface area contributed by atoms with Crippen molar-refractivity contribution in [1.29, 1.82) is 0 Å². The van der Waals surface area contributed by atoms with E-state index in [1.54, 1.807) is 12.4 Å². The Morgan fingerprint density at radius 2 is 1.23 bits per heavy atom. The minimum Gasteiger partial charge on any atom is -0.480 e. The molecule has 2 aromatic carbocycles. The number of nitrogens with one attached hydrogen (secondary N) is 5. The van der Waals surface area contributed by atoms with Crippen molar-refractivity contribution in [3.8, 4) is 0 Å². The fourth-order valence-corrected chi connectivity index (χ4v) is 5.11. The maximum Gasteiger partial charge on any atom is 0.326 e. The standard InChI is InChI=1S/C31H39N7O6/c32-12-6-5-9-22(33)28(40)36-25(13-18-15-34-23-10-3-1-7-20(18)23)29(41)38-27(17-39)30(42)37-26(31(43)44)14-19-16-35-24-11-4-2-8-21(19)24/h1-4,7-8,10-11,15-16,22,25-27,34-35,39H,5-6,9,12-14,17,32-33H2,(H,36,40)(H,37,42)(H,38,41)(H,43,44). The smallest absolute Gasteiger partial charge is 0.326 e. The van der Waals surface area contributed by atoms with Crippen molar-refractivity contribution in [1.82, 2.24) is 25.9 Å². The minimum absolute atomic E-state index is 0.0293. The molecule has 0 saturated carbocycles. The Kier molecular flexibility index (Phi) is 11.1. The molecule has 0 fully saturated rings. The number of aliphatic hydroxyl groups excluding tert-OH is 1. The summed E-state index contributed by atoms with van der Waals surface area (Å²) in [4.78, 5) is 57.9. The van der Waals surface area contributed by atoms with Crippen LogP contribution in [0.3, 0.4) is 0 Å². The number of H-pyrrole nitrogens is 2. The van der Waals surface area contributed by atoms with E-state index in [0.29, 0.717) is 31.4 Å². The van der Waals surface area contributed by atoms with Gasteiger partial charge in [0.05, 0.1) is 12.6 Å². The third kappa shape index (κ3) is 8.01. The number of hydrogen-bond acceptors (Lipinski definition) is 7. The number of carboxylic acids is 1. The predicted molar refractivity (Wildman–Crippen MR) is 165 cm³/mol. The molecule has 4 aromatic rings. The Labute approximate surface area is 253 Å². The number of nitrogens with two attached hydrogens (primary N) is 2. The first kappa shape index (κ1) is 32.2. The average molecular weight is 606 g/mol. The molecule has 0 saturated heterocycles. The highest BCUT2D eigenvalue weighted by atomic mass is 16.4. The summed E-state index contributed by atoms with van der Waals surface area (Å²) in [5.74, 6) is -3.45. The van der Waals surface area contributed by atoms with Crippen molar-refractivity contribution < 1.29 is 29.4 Å². The number of aromatic amines is 2. The van der Waals surface area contributed by atoms with E-state index in [0.717, 1.165) is 27.4 Å². The minimum atomic E-state index is -1.48. The van der Waals surface area contributed by atoms with Crippen molar-refractivity contribution in [2.75, 3.05) is 13.2 Å². The van der Waals surface area contributed by atoms with Gasteiger partial charge in [0.15, 0.2) is 0 Å². The molecule has 0 aliphatic carbocycles. The molecule has 0 aliphatic rings. The van der Waals surface area contributed by atoms with Crippen molar-refractivity contribution in [2.45, 2.75) is 56.3 Å². The second-order valence-electron chi connectivity index (χ2n) is 10.7. The van der Waals surface area contributed by atoms with Crippen molar-refractivity contribution in [3.05, 3.63) is 72.1 Å². The number of amides is 3. The molecule has 234 valence electrons. The first-order valence-corrected chi connectivity index (χ1v) is 14.5. The maximum absolute atomic E-state index is 13.5. The summed E-state index contributed by atoms with van der Waals surface area (Å²) >= 11 is 0. The number of rotatable bonds is 16. The lowest BCUT2D eigenvalue weighted by molar-refractivity contribution is -0.142. The fraction of sp³-hybridized carbons (Fsp3) is 0.355. The molecular formula is C31H39N7O6. The molecule has 0 radical (unpaired) electrons. The van der Waals surface area contributed by atoms with Gasteiger partial charge in [-0.1, -0.05) is 42.8 Å². The first-order chi connectivity index (χ1) is 21.2. The highest BCUT2D eigenvalue weighted by Crippen LogP contribution is 2.20. The Morgan fingerprint density at radius 1 is 0.727 bits per heavy atom. The molecule has 4 unspecified atom stereocenters. The van der Waals surface area contributed by atoms with Crippen LogP contribution < -0.4 is 27.4 Å². The van der Waals surface area contributed by atoms with E-state index in [2.05, 4.69) is 25.9 Å². The summed E-state index contributed by atoms with van der Waals surface area (Å²) in [6.07, 6.45) is 5.16. The molecule has 13 heteroatoms. The van der Waals surface area contributed by atoms with Gasteiger partial charge in [-0.2, -0.15) is 0 Å². The molecule has 13 nitrogen and oxygen atoms in total. The summed E-state index contributed by atoms with van der Waals surface area (Å²) in [6.45, 7) is -0.335. The molecule has 11 N–H and O–H groups in total. The topological polar surface area (TPSA) is 228 Å². The summed E-state index contributed by atoms with van der Waals surface area (Å²) in [5.41, 5.74) is 14.7. The Morgan fingerprint density at radius 3 is 1.77 bits per heavy atom. The predicted octanol–water partition coefficient (Wildman–Crippen LogP) is 0.422. The van der Waals surface area contributed by atoms with Crippen LogP contribution in [0.4, 0.5) is 0 Å². The van der Waals surface area contributed by atoms with E-state index in [9.17, 15) is 29.4 Å². The van der Waals surface area contributed by atoms with Crippen LogP contribution in [0.2, 0.25) is 0 Å². The number of aliphatic carboxylic acids is 1. The highest BCUT2D eigenvalue weighted by Gasteiger charge is 2.31. The summed E-state index contributed by atoms with van der Waals surface area (Å²) in [6, 6.07) is 9.98. The van der Waals surface area contributed by atoms with E-state index in [1.165, 1.54) is 0 Å². The van der Waals surface area contributed by atoms with Gasteiger partial charge in [-0.05, 0) is 42.6 Å². The van der Waals surface area contributed by atoms with E-state index in [-0.39, 0.29) is 12.8 Å². The zero-order valence-corrected chi connectivity index (χ0v) is 24.2. The molecule has 0 bridgehead atoms. The lowest BCUT2D eigenvalue weighted by Crippen LogP contribution is -2.58. The third-order valence-corrected chi connectivity index (χ3v) is 7.57. The molecule has 44 heavy (non-hydrogen) atoms. The van der Waals surface area contributed by atoms with Crippen LogP contribution in [0.15, 0.2) is 60.9 Å². The number of carbonyl (C=O) groups excluding carboxylic acids is 3. The normalized spacial score (nSPS) is 14.1. The molecule has 2 aromatic heterocycles. The van der Waals surface area contributed by atoms with Gasteiger partial charge in [-0.25, -0.2) is 4.79 Å². The third-order valence-electron chi connectivity index (χ3n) is 7.57. The monoisotopic (exact) mass is 605 g/mol. The Balaban J connectivity index is 1.48. The van der Waals surface area contributed by atoms with Crippen LogP contribution in [0, 0.1) is 0 Å². The second-order valence-corrected chi connectivity index (χ2v) is 10.7. The van der Waals surface area contributed by atoms with Gasteiger partial charge in [0, 0.05) is 47.0 Å². The average Bonchev–Trinajstić information content (AvgIpc) is 3.63. The van der Waals surface area contributed by atoms with Crippen LogP contribution in [-0.2, 0) is 32.0 Å². The first-order valence-electron chi connectivity index (χ1n) is 14.5. The zero-order valence-electron chi connectivity index (χ0n) is 24.2. The quantitative estimate of drug-likeness (QED) is 0.0811. The molecule has 4 atom stereocenters. The number of carboxylic acid groups (broad SMARTS) is 1. The van der Waals surface area contributed by atoms with E-state index < -0.39 is 54.5 Å². The number of hydrogen-bond donors (Lipinski definition) is 9. The Bertz CT molecular complexity index is 1600. The Hall–Kier alpha value is -4.72. The van der Waals surface area contributed by atoms with Gasteiger partial charge in [0.25, 0.3) is 0 Å². The number of carbonyl (C=O) groups is 4. The van der Waals surface area contributed by atoms with Crippen LogP contribution in [0.25, 0.3) is 21.8 Å². The molecule has 4 rings (SSSR count). The van der Waals surface area contributed by atoms with Gasteiger partial charge in [0.1, 0.15) is 18.1 Å². The summed E-state index contributed by atoms with van der Waals surface area (Å²) in [5, 5.41) is 29.1. The fourth-order valence-electron chi connectivity index (χ4n) is 5.11. The zero-order chi connectivity index (χ0) is 31.6. The molecule has 0 aliphatic heterocycles. The highest BCUT2D eigenvalue weighted by molar-refractivity contribution is 5.95. The van der Waals surface area contributed by atoms with Crippen molar-refractivity contribution in [2.24, 2.45) is 11.5 Å².